The fraction of sp³-hybridized carbons (Fsp3) is 0.643. The molecule has 4 amide bonds. The van der Waals surface area contributed by atoms with Crippen molar-refractivity contribution in [1.82, 2.24) is 24.8 Å². The number of sulfonamides is 1. The molecule has 1 aromatic heterocycles. The summed E-state index contributed by atoms with van der Waals surface area (Å²) in [6.07, 6.45) is 8.21. The lowest BCUT2D eigenvalue weighted by molar-refractivity contribution is -0.145. The van der Waals surface area contributed by atoms with Crippen LogP contribution in [0.15, 0.2) is 36.4 Å². The van der Waals surface area contributed by atoms with E-state index in [1.807, 2.05) is 32.1 Å². The molecule has 8 rings (SSSR count). The molecule has 16 heteroatoms. The van der Waals surface area contributed by atoms with Gasteiger partial charge in [-0.3, -0.25) is 24.0 Å². The van der Waals surface area contributed by atoms with Crippen molar-refractivity contribution in [3.63, 3.8) is 0 Å². The van der Waals surface area contributed by atoms with Crippen molar-refractivity contribution in [2.75, 3.05) is 13.2 Å². The number of carbonyl (C=O) groups excluding carboxylic acids is 3. The molecule has 14 nitrogen and oxygen atoms in total. The number of hydrogen-bond acceptors (Lipinski definition) is 9. The van der Waals surface area contributed by atoms with Crippen molar-refractivity contribution >= 4 is 56.2 Å². The maximum Gasteiger partial charge on any atom is 0.408 e. The molecule has 0 bridgehead atoms. The second-order valence-corrected chi connectivity index (χ2v) is 20.1. The zero-order valence-corrected chi connectivity index (χ0v) is 34.8. The van der Waals surface area contributed by atoms with E-state index in [0.29, 0.717) is 78.6 Å². The molecule has 1 saturated heterocycles. The highest BCUT2D eigenvalue weighted by atomic mass is 35.5. The van der Waals surface area contributed by atoms with Crippen LogP contribution in [-0.4, -0.2) is 100 Å². The molecule has 314 valence electrons. The Balaban J connectivity index is 1.16. The van der Waals surface area contributed by atoms with E-state index in [9.17, 15) is 27.9 Å². The molecule has 9 atom stereocenters. The fourth-order valence-electron chi connectivity index (χ4n) is 9.80. The maximum atomic E-state index is 15.3. The fourth-order valence-corrected chi connectivity index (χ4v) is 11.4. The summed E-state index contributed by atoms with van der Waals surface area (Å²) >= 11 is 6.62. The van der Waals surface area contributed by atoms with Gasteiger partial charge in [0.1, 0.15) is 23.7 Å². The van der Waals surface area contributed by atoms with Crippen molar-refractivity contribution in [3.8, 4) is 11.8 Å². The average molecular weight is 840 g/mol. The second kappa shape index (κ2) is 15.8. The molecule has 4 saturated carbocycles. The van der Waals surface area contributed by atoms with Gasteiger partial charge in [-0.2, -0.15) is 4.98 Å². The number of carbonyl (C=O) groups is 4. The third kappa shape index (κ3) is 8.09. The van der Waals surface area contributed by atoms with Gasteiger partial charge in [0.25, 0.3) is 5.91 Å². The normalized spacial score (nSPS) is 33.1. The van der Waals surface area contributed by atoms with Crippen LogP contribution in [0.5, 0.6) is 11.8 Å². The topological polar surface area (TPSA) is 185 Å². The minimum atomic E-state index is -3.93. The minimum absolute atomic E-state index is 0.00190. The van der Waals surface area contributed by atoms with Crippen LogP contribution in [0.4, 0.5) is 4.79 Å². The summed E-state index contributed by atoms with van der Waals surface area (Å²) in [5.41, 5.74) is -1.54. The average Bonchev–Trinajstić information content (AvgIpc) is 4.14. The number of halogens is 1. The Bertz CT molecular complexity index is 2100. The van der Waals surface area contributed by atoms with Gasteiger partial charge in [0.2, 0.25) is 33.6 Å². The predicted molar refractivity (Wildman–Crippen MR) is 216 cm³/mol. The first-order valence-electron chi connectivity index (χ1n) is 20.9. The first-order valence-corrected chi connectivity index (χ1v) is 22.9. The molecule has 4 aliphatic carbocycles. The maximum absolute atomic E-state index is 15.3. The van der Waals surface area contributed by atoms with E-state index in [2.05, 4.69) is 21.9 Å². The summed E-state index contributed by atoms with van der Waals surface area (Å²) in [7, 11) is -3.93. The number of hydrogen-bond donors (Lipinski definition) is 3. The third-order valence-electron chi connectivity index (χ3n) is 13.2. The van der Waals surface area contributed by atoms with Crippen LogP contribution >= 0.6 is 11.6 Å². The molecular weight excluding hydrogens is 786 g/mol. The molecule has 0 unspecified atom stereocenters. The van der Waals surface area contributed by atoms with Gasteiger partial charge in [-0.25, -0.2) is 13.2 Å². The van der Waals surface area contributed by atoms with Crippen LogP contribution in [0.3, 0.4) is 0 Å². The van der Waals surface area contributed by atoms with Gasteiger partial charge in [0.05, 0.1) is 18.4 Å². The molecule has 3 heterocycles. The number of aromatic nitrogens is 1. The Morgan fingerprint density at radius 2 is 1.84 bits per heavy atom. The lowest BCUT2D eigenvalue weighted by Gasteiger charge is -2.40. The van der Waals surface area contributed by atoms with E-state index in [1.54, 1.807) is 18.2 Å². The van der Waals surface area contributed by atoms with E-state index >= 15 is 4.79 Å². The number of nitrogens with one attached hydrogen (secondary N) is 2. The second-order valence-electron chi connectivity index (χ2n) is 17.7. The largest absolute Gasteiger partial charge is 0.478 e. The number of allylic oxidation sites excluding steroid dienone is 1. The summed E-state index contributed by atoms with van der Waals surface area (Å²) in [6, 6.07) is 4.51. The highest BCUT2D eigenvalue weighted by Crippen LogP contribution is 2.54. The molecule has 6 aliphatic rings. The molecule has 0 spiro atoms. The highest BCUT2D eigenvalue weighted by molar-refractivity contribution is 7.91. The molecule has 0 radical (unpaired) electrons. The summed E-state index contributed by atoms with van der Waals surface area (Å²) in [5, 5.41) is 14.8. The molecule has 2 aromatic rings. The van der Waals surface area contributed by atoms with Crippen LogP contribution in [-0.2, 0) is 24.4 Å². The van der Waals surface area contributed by atoms with Crippen molar-refractivity contribution in [2.45, 2.75) is 126 Å². The Kier molecular flexibility index (Phi) is 11.1. The lowest BCUT2D eigenvalue weighted by Crippen LogP contribution is -2.61. The van der Waals surface area contributed by atoms with Gasteiger partial charge in [-0.05, 0) is 100 Å². The van der Waals surface area contributed by atoms with Crippen LogP contribution in [0.2, 0.25) is 5.02 Å². The summed E-state index contributed by atoms with van der Waals surface area (Å²) in [4.78, 5) is 64.6. The number of ether oxygens (including phenoxy) is 2. The highest BCUT2D eigenvalue weighted by Gasteiger charge is 2.62. The van der Waals surface area contributed by atoms with Crippen molar-refractivity contribution in [3.05, 3.63) is 41.4 Å². The molecule has 5 fully saturated rings. The number of carboxylic acid groups (broad SMARTS) is 1. The summed E-state index contributed by atoms with van der Waals surface area (Å²) in [6.45, 7) is 6.33. The van der Waals surface area contributed by atoms with Gasteiger partial charge in [-0.1, -0.05) is 50.6 Å². The van der Waals surface area contributed by atoms with Gasteiger partial charge in [0, 0.05) is 40.2 Å². The van der Waals surface area contributed by atoms with Gasteiger partial charge in [0.15, 0.2) is 0 Å². The van der Waals surface area contributed by atoms with Crippen molar-refractivity contribution in [2.24, 2.45) is 29.6 Å². The summed E-state index contributed by atoms with van der Waals surface area (Å²) < 4.78 is 40.7. The minimum Gasteiger partial charge on any atom is -0.478 e. The Hall–Kier alpha value is -4.11. The first-order chi connectivity index (χ1) is 27.7. The molecule has 2 aliphatic heterocycles. The predicted octanol–water partition coefficient (Wildman–Crippen LogP) is 5.67. The number of rotatable bonds is 10. The third-order valence-corrected chi connectivity index (χ3v) is 15.3. The molecule has 58 heavy (non-hydrogen) atoms. The zero-order valence-electron chi connectivity index (χ0n) is 33.3. The number of fused-ring (bicyclic) bond motifs is 4. The number of amides is 4. The lowest BCUT2D eigenvalue weighted by atomic mass is 9.86. The van der Waals surface area contributed by atoms with E-state index < -0.39 is 68.7 Å². The summed E-state index contributed by atoms with van der Waals surface area (Å²) in [5.74, 6) is -1.24. The monoisotopic (exact) mass is 839 g/mol. The van der Waals surface area contributed by atoms with Crippen LogP contribution < -0.4 is 19.5 Å². The Labute approximate surface area is 344 Å². The molecule has 3 N–H and O–H groups in total. The van der Waals surface area contributed by atoms with E-state index in [0.717, 1.165) is 19.3 Å². The van der Waals surface area contributed by atoms with Gasteiger partial charge in [-0.15, -0.1) is 0 Å². The zero-order chi connectivity index (χ0) is 41.1. The first kappa shape index (κ1) is 40.7. The van der Waals surface area contributed by atoms with E-state index in [-0.39, 0.29) is 43.1 Å². The smallest absolute Gasteiger partial charge is 0.408 e. The van der Waals surface area contributed by atoms with Crippen LogP contribution in [0, 0.1) is 29.6 Å². The van der Waals surface area contributed by atoms with E-state index in [1.165, 1.54) is 9.80 Å². The van der Waals surface area contributed by atoms with Crippen LogP contribution in [0.1, 0.15) is 91.4 Å². The van der Waals surface area contributed by atoms with Crippen molar-refractivity contribution in [1.29, 1.82) is 0 Å². The number of pyridine rings is 1. The molecule has 1 aromatic carbocycles. The van der Waals surface area contributed by atoms with Gasteiger partial charge >= 0.3 is 6.09 Å². The number of benzene rings is 1. The van der Waals surface area contributed by atoms with E-state index in [4.69, 9.17) is 21.1 Å². The SMILES string of the molecule is CCCOc1cc2c(Cl)cccc2c(O[C@@H]2C[C@H]3C(=O)N[C@]4(C(=O)NS(=O)(=O)C5CC5)C[C@H]4/C=C\CC[C@H](C)C[C@@H](C)[C@H](N(C(=O)O)C4C[C@@H]5C[C@H]5C4)C(=O)N3C2)n1. The number of nitrogens with zero attached hydrogens (tertiary/aromatic N) is 3. The standard InChI is InChI=1S/C42H54ClN5O9S/c1-4-14-56-35-20-32-31(10-7-11-33(32)43)38(44-35)57-29-19-34-37(49)45-42(40(51)46-58(54,55)30-12-13-30)21-27(42)9-6-5-8-23(2)15-24(3)36(39(50)47(34)22-29)48(41(52)53)28-17-25-16-26(25)18-28/h6-7,9-11,20,23-30,34,36H,4-5,8,12-19,21-22H2,1-3H3,(H,45,49)(H,46,51)(H,52,53)/b9-6-/t23-,24+,25-,26-,27+,29+,34-,36-,42+/m0/s1. The van der Waals surface area contributed by atoms with Gasteiger partial charge < -0.3 is 24.8 Å². The Morgan fingerprint density at radius 1 is 1.09 bits per heavy atom. The van der Waals surface area contributed by atoms with Crippen LogP contribution in [0.25, 0.3) is 10.8 Å². The quantitative estimate of drug-likeness (QED) is 0.252. The van der Waals surface area contributed by atoms with Crippen molar-refractivity contribution < 1.29 is 42.2 Å². The Morgan fingerprint density at radius 3 is 2.55 bits per heavy atom. The molecular formula is C42H54ClN5O9S.